The lowest BCUT2D eigenvalue weighted by Crippen LogP contribution is -2.17. The van der Waals surface area contributed by atoms with E-state index >= 15 is 0 Å². The maximum Gasteiger partial charge on any atom is 0.271 e. The van der Waals surface area contributed by atoms with Crippen molar-refractivity contribution in [1.82, 2.24) is 5.43 Å². The van der Waals surface area contributed by atoms with Crippen LogP contribution in [0.4, 0.5) is 5.69 Å². The maximum absolute atomic E-state index is 12.0. The third kappa shape index (κ3) is 4.68. The van der Waals surface area contributed by atoms with E-state index in [1.54, 1.807) is 30.5 Å². The van der Waals surface area contributed by atoms with E-state index in [1.807, 2.05) is 54.6 Å². The van der Waals surface area contributed by atoms with E-state index < -0.39 is 0 Å². The summed E-state index contributed by atoms with van der Waals surface area (Å²) in [5, 5.41) is 3.97. The van der Waals surface area contributed by atoms with Crippen molar-refractivity contribution in [2.75, 3.05) is 5.73 Å². The minimum Gasteiger partial charge on any atom is -0.457 e. The van der Waals surface area contributed by atoms with Gasteiger partial charge in [0.1, 0.15) is 11.5 Å². The van der Waals surface area contributed by atoms with E-state index in [9.17, 15) is 4.79 Å². The molecular weight excluding hydrogens is 314 g/mol. The molecule has 0 atom stereocenters. The lowest BCUT2D eigenvalue weighted by molar-refractivity contribution is 0.0955. The van der Waals surface area contributed by atoms with Crippen LogP contribution in [0.2, 0.25) is 0 Å². The van der Waals surface area contributed by atoms with E-state index in [0.29, 0.717) is 17.0 Å². The molecule has 3 rings (SSSR count). The Morgan fingerprint density at radius 1 is 0.920 bits per heavy atom. The summed E-state index contributed by atoms with van der Waals surface area (Å²) in [7, 11) is 0. The highest BCUT2D eigenvalue weighted by molar-refractivity contribution is 5.95. The van der Waals surface area contributed by atoms with Crippen LogP contribution in [0.3, 0.4) is 0 Å². The van der Waals surface area contributed by atoms with Crippen molar-refractivity contribution in [1.29, 1.82) is 0 Å². The van der Waals surface area contributed by atoms with Crippen LogP contribution in [0.1, 0.15) is 15.9 Å². The van der Waals surface area contributed by atoms with Crippen molar-refractivity contribution in [2.24, 2.45) is 5.10 Å². The fourth-order valence-corrected chi connectivity index (χ4v) is 2.19. The zero-order valence-corrected chi connectivity index (χ0v) is 13.4. The van der Waals surface area contributed by atoms with E-state index in [0.717, 1.165) is 11.3 Å². The van der Waals surface area contributed by atoms with Crippen LogP contribution in [-0.2, 0) is 0 Å². The van der Waals surface area contributed by atoms with Gasteiger partial charge in [-0.05, 0) is 48.0 Å². The molecule has 0 aliphatic carbocycles. The average Bonchev–Trinajstić information content (AvgIpc) is 2.63. The van der Waals surface area contributed by atoms with Crippen LogP contribution in [0.25, 0.3) is 0 Å². The van der Waals surface area contributed by atoms with Crippen LogP contribution in [0, 0.1) is 0 Å². The van der Waals surface area contributed by atoms with E-state index in [4.69, 9.17) is 10.5 Å². The highest BCUT2D eigenvalue weighted by atomic mass is 16.5. The van der Waals surface area contributed by atoms with Gasteiger partial charge in [-0.25, -0.2) is 5.43 Å². The van der Waals surface area contributed by atoms with E-state index in [2.05, 4.69) is 10.5 Å². The molecule has 0 fully saturated rings. The van der Waals surface area contributed by atoms with Gasteiger partial charge in [0.15, 0.2) is 0 Å². The summed E-state index contributed by atoms with van der Waals surface area (Å²) in [6.45, 7) is 0. The molecule has 3 aromatic rings. The Bertz CT molecular complexity index is 892. The van der Waals surface area contributed by atoms with Gasteiger partial charge >= 0.3 is 0 Å². The molecule has 5 heteroatoms. The number of hydrogen-bond donors (Lipinski definition) is 2. The Morgan fingerprint density at radius 2 is 1.68 bits per heavy atom. The second kappa shape index (κ2) is 7.79. The molecule has 3 aromatic carbocycles. The molecule has 3 N–H and O–H groups in total. The normalized spacial score (nSPS) is 10.6. The van der Waals surface area contributed by atoms with Crippen LogP contribution in [0.5, 0.6) is 11.5 Å². The van der Waals surface area contributed by atoms with E-state index in [1.165, 1.54) is 0 Å². The molecule has 0 aromatic heterocycles. The summed E-state index contributed by atoms with van der Waals surface area (Å²) in [5.41, 5.74) is 9.94. The van der Waals surface area contributed by atoms with Crippen molar-refractivity contribution in [2.45, 2.75) is 0 Å². The minimum absolute atomic E-state index is 0.319. The predicted octanol–water partition coefficient (Wildman–Crippen LogP) is 3.83. The number of amides is 1. The summed E-state index contributed by atoms with van der Waals surface area (Å²) >= 11 is 0. The number of nitrogens with one attached hydrogen (secondary N) is 1. The van der Waals surface area contributed by atoms with Crippen LogP contribution in [0.15, 0.2) is 84.0 Å². The summed E-state index contributed by atoms with van der Waals surface area (Å²) in [4.78, 5) is 12.0. The van der Waals surface area contributed by atoms with Gasteiger partial charge in [0, 0.05) is 11.3 Å². The van der Waals surface area contributed by atoms with Crippen molar-refractivity contribution < 1.29 is 9.53 Å². The number of carbonyl (C=O) groups excluding carboxylic acids is 1. The number of anilines is 1. The van der Waals surface area contributed by atoms with Crippen molar-refractivity contribution >= 4 is 17.8 Å². The minimum atomic E-state index is -0.319. The van der Waals surface area contributed by atoms with Crippen LogP contribution < -0.4 is 15.9 Å². The molecule has 0 unspecified atom stereocenters. The van der Waals surface area contributed by atoms with Gasteiger partial charge in [0.05, 0.1) is 6.21 Å². The van der Waals surface area contributed by atoms with Gasteiger partial charge in [0.2, 0.25) is 0 Å². The molecule has 0 aliphatic heterocycles. The zero-order valence-electron chi connectivity index (χ0n) is 13.4. The van der Waals surface area contributed by atoms with E-state index in [-0.39, 0.29) is 5.91 Å². The van der Waals surface area contributed by atoms with Crippen molar-refractivity contribution in [3.63, 3.8) is 0 Å². The molecule has 0 saturated carbocycles. The summed E-state index contributed by atoms with van der Waals surface area (Å²) in [6.07, 6.45) is 1.56. The van der Waals surface area contributed by atoms with Crippen molar-refractivity contribution in [3.05, 3.63) is 90.0 Å². The molecule has 0 heterocycles. The average molecular weight is 331 g/mol. The number of ether oxygens (including phenoxy) is 1. The SMILES string of the molecule is Nc1cccc(C(=O)N/N=C\c2cccc(Oc3ccccc3)c2)c1. The standard InChI is InChI=1S/C20H17N3O2/c21-17-8-5-7-16(13-17)20(24)23-22-14-15-6-4-11-19(12-15)25-18-9-2-1-3-10-18/h1-14H,21H2,(H,23,24)/b22-14-. The molecule has 1 amide bonds. The summed E-state index contributed by atoms with van der Waals surface area (Å²) < 4.78 is 5.77. The van der Waals surface area contributed by atoms with Crippen LogP contribution in [-0.4, -0.2) is 12.1 Å². The summed E-state index contributed by atoms with van der Waals surface area (Å²) in [5.74, 6) is 1.13. The number of hydrazone groups is 1. The van der Waals surface area contributed by atoms with Gasteiger partial charge < -0.3 is 10.5 Å². The lowest BCUT2D eigenvalue weighted by Gasteiger charge is -2.05. The fourth-order valence-electron chi connectivity index (χ4n) is 2.19. The zero-order chi connectivity index (χ0) is 17.5. The first-order valence-corrected chi connectivity index (χ1v) is 7.72. The van der Waals surface area contributed by atoms with Gasteiger partial charge in [0.25, 0.3) is 5.91 Å². The number of hydrogen-bond acceptors (Lipinski definition) is 4. The van der Waals surface area contributed by atoms with Crippen LogP contribution >= 0.6 is 0 Å². The Morgan fingerprint density at radius 3 is 2.48 bits per heavy atom. The number of benzene rings is 3. The number of nitrogen functional groups attached to an aromatic ring is 1. The first-order valence-electron chi connectivity index (χ1n) is 7.72. The Kier molecular flexibility index (Phi) is 5.07. The third-order valence-corrected chi connectivity index (χ3v) is 3.37. The first-order chi connectivity index (χ1) is 12.2. The number of nitrogens with zero attached hydrogens (tertiary/aromatic N) is 1. The number of carbonyl (C=O) groups is 1. The van der Waals surface area contributed by atoms with Gasteiger partial charge in [-0.2, -0.15) is 5.10 Å². The fraction of sp³-hybridized carbons (Fsp3) is 0. The number of nitrogens with two attached hydrogens (primary N) is 1. The quantitative estimate of drug-likeness (QED) is 0.424. The largest absolute Gasteiger partial charge is 0.457 e. The molecule has 5 nitrogen and oxygen atoms in total. The predicted molar refractivity (Wildman–Crippen MR) is 98.9 cm³/mol. The topological polar surface area (TPSA) is 76.7 Å². The highest BCUT2D eigenvalue weighted by Crippen LogP contribution is 2.21. The second-order valence-electron chi connectivity index (χ2n) is 5.31. The molecule has 25 heavy (non-hydrogen) atoms. The molecule has 0 bridgehead atoms. The maximum atomic E-state index is 12.0. The molecule has 0 radical (unpaired) electrons. The smallest absolute Gasteiger partial charge is 0.271 e. The Balaban J connectivity index is 1.63. The second-order valence-corrected chi connectivity index (χ2v) is 5.31. The Labute approximate surface area is 145 Å². The Hall–Kier alpha value is -3.60. The molecular formula is C20H17N3O2. The molecule has 124 valence electrons. The van der Waals surface area contributed by atoms with Gasteiger partial charge in [-0.1, -0.05) is 36.4 Å². The monoisotopic (exact) mass is 331 g/mol. The van der Waals surface area contributed by atoms with Gasteiger partial charge in [-0.15, -0.1) is 0 Å². The summed E-state index contributed by atoms with van der Waals surface area (Å²) in [6, 6.07) is 23.6. The third-order valence-electron chi connectivity index (χ3n) is 3.37. The van der Waals surface area contributed by atoms with Crippen molar-refractivity contribution in [3.8, 4) is 11.5 Å². The molecule has 0 aliphatic rings. The highest BCUT2D eigenvalue weighted by Gasteiger charge is 2.03. The molecule has 0 saturated heterocycles. The number of rotatable bonds is 5. The number of para-hydroxylation sites is 1. The lowest BCUT2D eigenvalue weighted by atomic mass is 10.2. The molecule has 0 spiro atoms. The first kappa shape index (κ1) is 16.3. The van der Waals surface area contributed by atoms with Gasteiger partial charge in [-0.3, -0.25) is 4.79 Å².